The van der Waals surface area contributed by atoms with Crippen molar-refractivity contribution >= 4 is 0 Å². The van der Waals surface area contributed by atoms with E-state index in [1.807, 2.05) is 0 Å². The molecule has 104 valence electrons. The van der Waals surface area contributed by atoms with Crippen LogP contribution in [0.25, 0.3) is 0 Å². The summed E-state index contributed by atoms with van der Waals surface area (Å²) >= 11 is 0. The molecule has 0 aromatic heterocycles. The first-order valence-corrected chi connectivity index (χ1v) is 7.32. The highest BCUT2D eigenvalue weighted by Gasteiger charge is 2.22. The highest BCUT2D eigenvalue weighted by atomic mass is 15.2. The van der Waals surface area contributed by atoms with Gasteiger partial charge in [0.05, 0.1) is 0 Å². The van der Waals surface area contributed by atoms with E-state index in [-0.39, 0.29) is 0 Å². The summed E-state index contributed by atoms with van der Waals surface area (Å²) in [6, 6.07) is 1.32. The van der Waals surface area contributed by atoms with E-state index in [9.17, 15) is 0 Å². The second kappa shape index (κ2) is 8.93. The van der Waals surface area contributed by atoms with Crippen LogP contribution in [0, 0.1) is 11.8 Å². The van der Waals surface area contributed by atoms with Gasteiger partial charge >= 0.3 is 0 Å². The maximum absolute atomic E-state index is 3.56. The van der Waals surface area contributed by atoms with E-state index >= 15 is 0 Å². The Labute approximate surface area is 109 Å². The Kier molecular flexibility index (Phi) is 8.89. The number of hydrogen-bond donors (Lipinski definition) is 1. The molecule has 0 aromatic carbocycles. The highest BCUT2D eigenvalue weighted by Crippen LogP contribution is 2.16. The molecule has 2 heteroatoms. The molecule has 0 rings (SSSR count). The van der Waals surface area contributed by atoms with E-state index in [0.29, 0.717) is 18.0 Å². The van der Waals surface area contributed by atoms with Crippen LogP contribution in [-0.2, 0) is 0 Å². The standard InChI is InChI=1S/C15H34N2/c1-8-9-16-11-15(13(4)5)17(7)14(6)10-12(2)3/h12-16H,8-11H2,1-7H3. The van der Waals surface area contributed by atoms with Gasteiger partial charge in [-0.2, -0.15) is 0 Å². The third-order valence-corrected chi connectivity index (χ3v) is 3.58. The van der Waals surface area contributed by atoms with Crippen molar-refractivity contribution in [2.75, 3.05) is 20.1 Å². The normalized spacial score (nSPS) is 15.9. The summed E-state index contributed by atoms with van der Waals surface area (Å²) in [6.45, 7) is 16.1. The minimum Gasteiger partial charge on any atom is -0.315 e. The molecule has 2 atom stereocenters. The van der Waals surface area contributed by atoms with E-state index in [1.165, 1.54) is 12.8 Å². The van der Waals surface area contributed by atoms with Crippen LogP contribution in [0.2, 0.25) is 0 Å². The molecule has 0 heterocycles. The molecule has 0 fully saturated rings. The lowest BCUT2D eigenvalue weighted by Crippen LogP contribution is -2.47. The summed E-state index contributed by atoms with van der Waals surface area (Å²) < 4.78 is 0. The number of hydrogen-bond acceptors (Lipinski definition) is 2. The van der Waals surface area contributed by atoms with Gasteiger partial charge in [-0.3, -0.25) is 4.90 Å². The van der Waals surface area contributed by atoms with Crippen LogP contribution >= 0.6 is 0 Å². The topological polar surface area (TPSA) is 15.3 Å². The Morgan fingerprint density at radius 2 is 1.65 bits per heavy atom. The second-order valence-electron chi connectivity index (χ2n) is 6.16. The molecule has 1 N–H and O–H groups in total. The fraction of sp³-hybridized carbons (Fsp3) is 1.00. The van der Waals surface area contributed by atoms with Crippen LogP contribution in [0.15, 0.2) is 0 Å². The molecule has 0 aliphatic heterocycles. The zero-order valence-corrected chi connectivity index (χ0v) is 13.1. The molecule has 0 spiro atoms. The molecule has 0 saturated carbocycles. The van der Waals surface area contributed by atoms with Crippen LogP contribution in [0.4, 0.5) is 0 Å². The summed E-state index contributed by atoms with van der Waals surface area (Å²) in [4.78, 5) is 2.56. The molecule has 0 bridgehead atoms. The van der Waals surface area contributed by atoms with Gasteiger partial charge in [-0.15, -0.1) is 0 Å². The van der Waals surface area contributed by atoms with E-state index in [2.05, 4.69) is 58.8 Å². The summed E-state index contributed by atoms with van der Waals surface area (Å²) in [6.07, 6.45) is 2.50. The van der Waals surface area contributed by atoms with Crippen LogP contribution < -0.4 is 5.32 Å². The predicted octanol–water partition coefficient (Wildman–Crippen LogP) is 3.38. The molecular weight excluding hydrogens is 208 g/mol. The Morgan fingerprint density at radius 3 is 2.06 bits per heavy atom. The van der Waals surface area contributed by atoms with Crippen molar-refractivity contribution in [3.8, 4) is 0 Å². The molecule has 17 heavy (non-hydrogen) atoms. The van der Waals surface area contributed by atoms with Crippen LogP contribution in [0.5, 0.6) is 0 Å². The van der Waals surface area contributed by atoms with E-state index in [1.54, 1.807) is 0 Å². The highest BCUT2D eigenvalue weighted by molar-refractivity contribution is 4.79. The zero-order chi connectivity index (χ0) is 13.4. The van der Waals surface area contributed by atoms with Crippen molar-refractivity contribution in [2.24, 2.45) is 11.8 Å². The van der Waals surface area contributed by atoms with E-state index in [0.717, 1.165) is 19.0 Å². The first-order chi connectivity index (χ1) is 7.90. The number of likely N-dealkylation sites (N-methyl/N-ethyl adjacent to an activating group) is 1. The first-order valence-electron chi connectivity index (χ1n) is 7.32. The molecule has 0 amide bonds. The minimum atomic E-state index is 0.648. The fourth-order valence-corrected chi connectivity index (χ4v) is 2.45. The van der Waals surface area contributed by atoms with Crippen molar-refractivity contribution in [3.05, 3.63) is 0 Å². The Bertz CT molecular complexity index is 178. The molecule has 0 aromatic rings. The zero-order valence-electron chi connectivity index (χ0n) is 13.1. The van der Waals surface area contributed by atoms with Gasteiger partial charge in [0.2, 0.25) is 0 Å². The van der Waals surface area contributed by atoms with Crippen molar-refractivity contribution in [1.82, 2.24) is 10.2 Å². The molecular formula is C15H34N2. The van der Waals surface area contributed by atoms with Crippen molar-refractivity contribution < 1.29 is 0 Å². The molecule has 0 aliphatic carbocycles. The SMILES string of the molecule is CCCNCC(C(C)C)N(C)C(C)CC(C)C. The van der Waals surface area contributed by atoms with Gasteiger partial charge in [-0.25, -0.2) is 0 Å². The first kappa shape index (κ1) is 16.9. The smallest absolute Gasteiger partial charge is 0.0243 e. The lowest BCUT2D eigenvalue weighted by atomic mass is 9.98. The summed E-state index contributed by atoms with van der Waals surface area (Å²) in [7, 11) is 2.28. The Morgan fingerprint density at radius 1 is 1.06 bits per heavy atom. The van der Waals surface area contributed by atoms with Gasteiger partial charge < -0.3 is 5.32 Å². The Hall–Kier alpha value is -0.0800. The molecule has 0 radical (unpaired) electrons. The van der Waals surface area contributed by atoms with Crippen LogP contribution in [-0.4, -0.2) is 37.1 Å². The van der Waals surface area contributed by atoms with Crippen molar-refractivity contribution in [3.63, 3.8) is 0 Å². The average Bonchev–Trinajstić information content (AvgIpc) is 2.22. The lowest BCUT2D eigenvalue weighted by Gasteiger charge is -2.36. The summed E-state index contributed by atoms with van der Waals surface area (Å²) in [5.41, 5.74) is 0. The second-order valence-corrected chi connectivity index (χ2v) is 6.16. The van der Waals surface area contributed by atoms with Gasteiger partial charge in [0, 0.05) is 18.6 Å². The quantitative estimate of drug-likeness (QED) is 0.624. The van der Waals surface area contributed by atoms with Crippen LogP contribution in [0.1, 0.15) is 54.4 Å². The largest absolute Gasteiger partial charge is 0.315 e. The van der Waals surface area contributed by atoms with Crippen LogP contribution in [0.3, 0.4) is 0 Å². The van der Waals surface area contributed by atoms with Gasteiger partial charge in [-0.05, 0) is 45.2 Å². The number of nitrogens with one attached hydrogen (secondary N) is 1. The summed E-state index contributed by atoms with van der Waals surface area (Å²) in [5.74, 6) is 1.49. The van der Waals surface area contributed by atoms with E-state index in [4.69, 9.17) is 0 Å². The fourth-order valence-electron chi connectivity index (χ4n) is 2.45. The molecule has 2 nitrogen and oxygen atoms in total. The van der Waals surface area contributed by atoms with Gasteiger partial charge in [-0.1, -0.05) is 34.6 Å². The van der Waals surface area contributed by atoms with Gasteiger partial charge in [0.1, 0.15) is 0 Å². The minimum absolute atomic E-state index is 0.648. The maximum Gasteiger partial charge on any atom is 0.0243 e. The third-order valence-electron chi connectivity index (χ3n) is 3.58. The van der Waals surface area contributed by atoms with E-state index < -0.39 is 0 Å². The molecule has 0 saturated heterocycles. The monoisotopic (exact) mass is 242 g/mol. The maximum atomic E-state index is 3.56. The lowest BCUT2D eigenvalue weighted by molar-refractivity contribution is 0.128. The Balaban J connectivity index is 4.26. The molecule has 2 unspecified atom stereocenters. The summed E-state index contributed by atoms with van der Waals surface area (Å²) in [5, 5.41) is 3.56. The van der Waals surface area contributed by atoms with Crippen molar-refractivity contribution in [2.45, 2.75) is 66.5 Å². The number of nitrogens with zero attached hydrogens (tertiary/aromatic N) is 1. The average molecular weight is 242 g/mol. The predicted molar refractivity (Wildman–Crippen MR) is 78.5 cm³/mol. The molecule has 0 aliphatic rings. The van der Waals surface area contributed by atoms with Gasteiger partial charge in [0.25, 0.3) is 0 Å². The van der Waals surface area contributed by atoms with Gasteiger partial charge in [0.15, 0.2) is 0 Å². The number of rotatable bonds is 9. The third kappa shape index (κ3) is 7.05. The van der Waals surface area contributed by atoms with Crippen molar-refractivity contribution in [1.29, 1.82) is 0 Å².